The van der Waals surface area contributed by atoms with Gasteiger partial charge in [0.25, 0.3) is 0 Å². The minimum absolute atomic E-state index is 0.0508. The third-order valence-corrected chi connectivity index (χ3v) is 4.12. The number of aliphatic imine (C=N–C) groups is 1. The molecule has 0 saturated heterocycles. The van der Waals surface area contributed by atoms with Gasteiger partial charge in [0, 0.05) is 12.2 Å². The maximum atomic E-state index is 11.7. The van der Waals surface area contributed by atoms with E-state index in [0.717, 1.165) is 41.6 Å². The highest BCUT2D eigenvalue weighted by atomic mass is 32.2. The third kappa shape index (κ3) is 5.42. The molecule has 0 aromatic heterocycles. The van der Waals surface area contributed by atoms with Crippen molar-refractivity contribution in [3.8, 4) is 5.75 Å². The molecule has 0 aliphatic carbocycles. The minimum Gasteiger partial charge on any atom is -0.493 e. The Morgan fingerprint density at radius 3 is 3.00 bits per heavy atom. The van der Waals surface area contributed by atoms with Crippen LogP contribution < -0.4 is 10.1 Å². The fourth-order valence-corrected chi connectivity index (χ4v) is 2.77. The Labute approximate surface area is 130 Å². The molecular weight excluding hydrogens is 284 g/mol. The van der Waals surface area contributed by atoms with Crippen molar-refractivity contribution in [1.29, 1.82) is 0 Å². The highest BCUT2D eigenvalue weighted by Gasteiger charge is 2.10. The Balaban J connectivity index is 1.61. The van der Waals surface area contributed by atoms with E-state index in [0.29, 0.717) is 13.0 Å². The summed E-state index contributed by atoms with van der Waals surface area (Å²) < 4.78 is 5.77. The zero-order valence-electron chi connectivity index (χ0n) is 12.6. The number of thioether (sulfide) groups is 1. The number of hydrogen-bond acceptors (Lipinski definition) is 4. The van der Waals surface area contributed by atoms with E-state index in [9.17, 15) is 4.79 Å². The van der Waals surface area contributed by atoms with Crippen LogP contribution in [0.5, 0.6) is 5.75 Å². The second-order valence-corrected chi connectivity index (χ2v) is 6.24. The zero-order chi connectivity index (χ0) is 15.1. The summed E-state index contributed by atoms with van der Waals surface area (Å²) in [6.07, 6.45) is 2.23. The number of unbranched alkanes of at least 4 members (excludes halogenated alkanes) is 1. The van der Waals surface area contributed by atoms with Crippen molar-refractivity contribution in [2.45, 2.75) is 33.1 Å². The van der Waals surface area contributed by atoms with Gasteiger partial charge in [0.05, 0.1) is 13.2 Å². The summed E-state index contributed by atoms with van der Waals surface area (Å²) in [7, 11) is 0. The lowest BCUT2D eigenvalue weighted by atomic mass is 10.1. The largest absolute Gasteiger partial charge is 0.493 e. The lowest BCUT2D eigenvalue weighted by Crippen LogP contribution is -2.27. The molecule has 1 heterocycles. The molecular formula is C16H22N2O2S. The van der Waals surface area contributed by atoms with Crippen LogP contribution in [0.3, 0.4) is 0 Å². The van der Waals surface area contributed by atoms with Gasteiger partial charge in [-0.15, -0.1) is 0 Å². The summed E-state index contributed by atoms with van der Waals surface area (Å²) in [6.45, 7) is 5.56. The SMILES string of the molecule is Cc1ccc(C)c(OCCCCC(=O)NC2=NCCS2)c1. The number of nitrogens with one attached hydrogen (secondary N) is 1. The Morgan fingerprint density at radius 2 is 2.24 bits per heavy atom. The van der Waals surface area contributed by atoms with Gasteiger partial charge < -0.3 is 10.1 Å². The van der Waals surface area contributed by atoms with Crippen LogP contribution in [0, 0.1) is 13.8 Å². The first-order valence-corrected chi connectivity index (χ1v) is 8.31. The molecule has 0 bridgehead atoms. The second-order valence-electron chi connectivity index (χ2n) is 5.16. The number of amides is 1. The molecule has 1 aromatic rings. The fourth-order valence-electron chi connectivity index (χ4n) is 2.03. The number of amidine groups is 1. The van der Waals surface area contributed by atoms with Crippen molar-refractivity contribution < 1.29 is 9.53 Å². The van der Waals surface area contributed by atoms with E-state index in [2.05, 4.69) is 35.4 Å². The molecule has 0 unspecified atom stereocenters. The van der Waals surface area contributed by atoms with Gasteiger partial charge in [-0.3, -0.25) is 9.79 Å². The number of carbonyl (C=O) groups excluding carboxylic acids is 1. The van der Waals surface area contributed by atoms with Gasteiger partial charge in [-0.1, -0.05) is 23.9 Å². The van der Waals surface area contributed by atoms with E-state index >= 15 is 0 Å². The Kier molecular flexibility index (Phi) is 6.11. The zero-order valence-corrected chi connectivity index (χ0v) is 13.5. The van der Waals surface area contributed by atoms with E-state index in [-0.39, 0.29) is 5.91 Å². The molecule has 1 aliphatic heterocycles. The molecule has 21 heavy (non-hydrogen) atoms. The number of hydrogen-bond donors (Lipinski definition) is 1. The number of nitrogens with zero attached hydrogens (tertiary/aromatic N) is 1. The third-order valence-electron chi connectivity index (χ3n) is 3.23. The van der Waals surface area contributed by atoms with Crippen LogP contribution in [0.2, 0.25) is 0 Å². The molecule has 1 N–H and O–H groups in total. The van der Waals surface area contributed by atoms with Gasteiger partial charge in [0.15, 0.2) is 5.17 Å². The Bertz CT molecular complexity index is 529. The Hall–Kier alpha value is -1.49. The smallest absolute Gasteiger partial charge is 0.225 e. The maximum absolute atomic E-state index is 11.7. The average Bonchev–Trinajstić information content (AvgIpc) is 2.95. The first-order chi connectivity index (χ1) is 10.1. The molecule has 1 aromatic carbocycles. The Morgan fingerprint density at radius 1 is 1.38 bits per heavy atom. The van der Waals surface area contributed by atoms with Crippen molar-refractivity contribution in [1.82, 2.24) is 5.32 Å². The van der Waals surface area contributed by atoms with Crippen LogP contribution in [0.25, 0.3) is 0 Å². The molecule has 4 nitrogen and oxygen atoms in total. The van der Waals surface area contributed by atoms with Gasteiger partial charge in [-0.05, 0) is 43.9 Å². The monoisotopic (exact) mass is 306 g/mol. The molecule has 114 valence electrons. The van der Waals surface area contributed by atoms with Crippen molar-refractivity contribution in [3.05, 3.63) is 29.3 Å². The maximum Gasteiger partial charge on any atom is 0.225 e. The molecule has 0 fully saturated rings. The lowest BCUT2D eigenvalue weighted by molar-refractivity contribution is -0.119. The van der Waals surface area contributed by atoms with Crippen molar-refractivity contribution in [2.75, 3.05) is 18.9 Å². The summed E-state index contributed by atoms with van der Waals surface area (Å²) in [5.41, 5.74) is 2.35. The molecule has 0 saturated carbocycles. The van der Waals surface area contributed by atoms with Crippen LogP contribution in [0.1, 0.15) is 30.4 Å². The van der Waals surface area contributed by atoms with Gasteiger partial charge >= 0.3 is 0 Å². The van der Waals surface area contributed by atoms with Crippen LogP contribution in [0.15, 0.2) is 23.2 Å². The summed E-state index contributed by atoms with van der Waals surface area (Å²) in [5, 5.41) is 3.61. The summed E-state index contributed by atoms with van der Waals surface area (Å²) >= 11 is 1.61. The predicted molar refractivity (Wildman–Crippen MR) is 88.2 cm³/mol. The van der Waals surface area contributed by atoms with Gasteiger partial charge in [0.2, 0.25) is 5.91 Å². The van der Waals surface area contributed by atoms with Gasteiger partial charge in [-0.2, -0.15) is 0 Å². The van der Waals surface area contributed by atoms with E-state index in [1.165, 1.54) is 5.56 Å². The van der Waals surface area contributed by atoms with Crippen LogP contribution in [-0.2, 0) is 4.79 Å². The van der Waals surface area contributed by atoms with E-state index in [1.54, 1.807) is 11.8 Å². The molecule has 0 radical (unpaired) electrons. The lowest BCUT2D eigenvalue weighted by Gasteiger charge is -2.10. The summed E-state index contributed by atoms with van der Waals surface area (Å²) in [5.74, 6) is 1.96. The van der Waals surface area contributed by atoms with Crippen molar-refractivity contribution in [2.24, 2.45) is 4.99 Å². The van der Waals surface area contributed by atoms with Crippen molar-refractivity contribution >= 4 is 22.8 Å². The first kappa shape index (κ1) is 15.9. The van der Waals surface area contributed by atoms with Crippen LogP contribution in [0.4, 0.5) is 0 Å². The van der Waals surface area contributed by atoms with E-state index in [1.807, 2.05) is 6.92 Å². The quantitative estimate of drug-likeness (QED) is 0.822. The predicted octanol–water partition coefficient (Wildman–Crippen LogP) is 3.07. The van der Waals surface area contributed by atoms with Gasteiger partial charge in [0.1, 0.15) is 5.75 Å². The first-order valence-electron chi connectivity index (χ1n) is 7.32. The molecule has 0 spiro atoms. The van der Waals surface area contributed by atoms with Crippen molar-refractivity contribution in [3.63, 3.8) is 0 Å². The molecule has 5 heteroatoms. The van der Waals surface area contributed by atoms with E-state index < -0.39 is 0 Å². The number of carbonyl (C=O) groups is 1. The molecule has 2 rings (SSSR count). The highest BCUT2D eigenvalue weighted by molar-refractivity contribution is 8.14. The fraction of sp³-hybridized carbons (Fsp3) is 0.500. The second kappa shape index (κ2) is 8.08. The number of ether oxygens (including phenoxy) is 1. The number of aryl methyl sites for hydroxylation is 2. The molecule has 1 amide bonds. The minimum atomic E-state index is 0.0508. The average molecular weight is 306 g/mol. The summed E-state index contributed by atoms with van der Waals surface area (Å²) in [6, 6.07) is 6.20. The van der Waals surface area contributed by atoms with Crippen LogP contribution >= 0.6 is 11.8 Å². The highest BCUT2D eigenvalue weighted by Crippen LogP contribution is 2.19. The van der Waals surface area contributed by atoms with E-state index in [4.69, 9.17) is 4.74 Å². The van der Waals surface area contributed by atoms with Gasteiger partial charge in [-0.25, -0.2) is 0 Å². The number of rotatable bonds is 6. The summed E-state index contributed by atoms with van der Waals surface area (Å²) in [4.78, 5) is 15.9. The molecule has 1 aliphatic rings. The van der Waals surface area contributed by atoms with Crippen LogP contribution in [-0.4, -0.2) is 30.0 Å². The normalized spacial score (nSPS) is 13.9. The number of benzene rings is 1. The topological polar surface area (TPSA) is 50.7 Å². The standard InChI is InChI=1S/C16H22N2O2S/c1-12-6-7-13(2)14(11-12)20-9-4-3-5-15(19)18-16-17-8-10-21-16/h6-7,11H,3-5,8-10H2,1-2H3,(H,17,18,19). The molecule has 0 atom stereocenters.